The summed E-state index contributed by atoms with van der Waals surface area (Å²) in [6.45, 7) is 4.06. The zero-order valence-corrected chi connectivity index (χ0v) is 17.7. The molecule has 2 N–H and O–H groups in total. The smallest absolute Gasteiger partial charge is 0.295 e. The van der Waals surface area contributed by atoms with E-state index in [9.17, 15) is 19.8 Å². The number of nitrogens with one attached hydrogen (secondary N) is 1. The highest BCUT2D eigenvalue weighted by Gasteiger charge is 2.44. The summed E-state index contributed by atoms with van der Waals surface area (Å²) in [6.07, 6.45) is 5.08. The number of likely N-dealkylation sites (tertiary alicyclic amines) is 1. The number of benzene rings is 2. The third-order valence-electron chi connectivity index (χ3n) is 5.35. The van der Waals surface area contributed by atoms with Crippen LogP contribution in [0.3, 0.4) is 0 Å². The standard InChI is InChI=1S/C26H22N2O5/c1-2-14-33-21-11-7-19(8-12-21)24(30)22-23(18-5-9-20(29)10-6-18)28(26(32)25(22)31)16-17-4-3-13-27-15-17/h2-13,15,23,29-30H,1,14,16H2. The predicted octanol–water partition coefficient (Wildman–Crippen LogP) is 2.20. The van der Waals surface area contributed by atoms with Crippen LogP contribution in [0.1, 0.15) is 22.7 Å². The number of rotatable bonds is 7. The number of carbonyl (C=O) groups is 2. The highest BCUT2D eigenvalue weighted by molar-refractivity contribution is 6.46. The van der Waals surface area contributed by atoms with Crippen LogP contribution in [0.25, 0.3) is 5.76 Å². The molecule has 1 aliphatic heterocycles. The second kappa shape index (κ2) is 9.40. The van der Waals surface area contributed by atoms with Crippen LogP contribution in [0, 0.1) is 0 Å². The molecule has 0 saturated carbocycles. The molecule has 3 aromatic rings. The minimum atomic E-state index is -0.880. The summed E-state index contributed by atoms with van der Waals surface area (Å²) < 4.78 is 5.45. The Morgan fingerprint density at radius 3 is 2.48 bits per heavy atom. The molecule has 33 heavy (non-hydrogen) atoms. The molecule has 1 aromatic heterocycles. The van der Waals surface area contributed by atoms with Crippen molar-refractivity contribution in [1.29, 1.82) is 0 Å². The molecule has 1 amide bonds. The summed E-state index contributed by atoms with van der Waals surface area (Å²) in [5.41, 5.74) is 1.49. The second-order valence-electron chi connectivity index (χ2n) is 7.53. The Morgan fingerprint density at radius 1 is 1.12 bits per heavy atom. The van der Waals surface area contributed by atoms with Crippen LogP contribution in [0.4, 0.5) is 0 Å². The molecule has 1 atom stereocenters. The van der Waals surface area contributed by atoms with Gasteiger partial charge in [0.25, 0.3) is 5.91 Å². The molecule has 0 spiro atoms. The van der Waals surface area contributed by atoms with E-state index in [2.05, 4.69) is 11.6 Å². The number of Topliss-reactive ketones (excluding diaryl/α,β-unsaturated/α-hetero) is 1. The van der Waals surface area contributed by atoms with Crippen molar-refractivity contribution in [3.8, 4) is 11.5 Å². The minimum Gasteiger partial charge on any atom is -0.872 e. The lowest BCUT2D eigenvalue weighted by atomic mass is 9.95. The van der Waals surface area contributed by atoms with Gasteiger partial charge >= 0.3 is 0 Å². The summed E-state index contributed by atoms with van der Waals surface area (Å²) in [5, 5.41) is 23.1. The maximum absolute atomic E-state index is 13.4. The van der Waals surface area contributed by atoms with Crippen LogP contribution >= 0.6 is 0 Å². The molecular formula is C26H22N2O5. The number of pyridine rings is 1. The van der Waals surface area contributed by atoms with Crippen LogP contribution in [0.2, 0.25) is 0 Å². The van der Waals surface area contributed by atoms with Gasteiger partial charge in [-0.25, -0.2) is 4.98 Å². The Balaban J connectivity index is 1.78. The van der Waals surface area contributed by atoms with E-state index in [-0.39, 0.29) is 23.4 Å². The first-order chi connectivity index (χ1) is 16.0. The number of hydrogen-bond acceptors (Lipinski definition) is 5. The Labute approximate surface area is 190 Å². The number of H-pyrrole nitrogens is 1. The van der Waals surface area contributed by atoms with E-state index in [0.29, 0.717) is 17.9 Å². The molecular weight excluding hydrogens is 420 g/mol. The third kappa shape index (κ3) is 4.48. The first-order valence-corrected chi connectivity index (χ1v) is 10.3. The number of amides is 1. The van der Waals surface area contributed by atoms with Gasteiger partial charge in [-0.2, -0.15) is 0 Å². The number of aromatic nitrogens is 1. The minimum absolute atomic E-state index is 0.0431. The van der Waals surface area contributed by atoms with E-state index in [1.54, 1.807) is 60.9 Å². The van der Waals surface area contributed by atoms with E-state index in [1.807, 2.05) is 6.07 Å². The predicted molar refractivity (Wildman–Crippen MR) is 118 cm³/mol. The largest absolute Gasteiger partial charge is 0.872 e. The lowest BCUT2D eigenvalue weighted by Gasteiger charge is -2.27. The highest BCUT2D eigenvalue weighted by atomic mass is 16.5. The molecule has 1 unspecified atom stereocenters. The van der Waals surface area contributed by atoms with Crippen LogP contribution < -0.4 is 14.8 Å². The van der Waals surface area contributed by atoms with Gasteiger partial charge in [0, 0.05) is 17.2 Å². The van der Waals surface area contributed by atoms with Crippen molar-refractivity contribution >= 4 is 17.4 Å². The molecule has 0 aliphatic carbocycles. The van der Waals surface area contributed by atoms with Gasteiger partial charge in [0.1, 0.15) is 18.1 Å². The Kier molecular flexibility index (Phi) is 6.22. The molecule has 1 fully saturated rings. The van der Waals surface area contributed by atoms with Gasteiger partial charge in [-0.05, 0) is 41.5 Å². The van der Waals surface area contributed by atoms with Gasteiger partial charge in [-0.3, -0.25) is 9.59 Å². The summed E-state index contributed by atoms with van der Waals surface area (Å²) in [6, 6.07) is 15.3. The van der Waals surface area contributed by atoms with Gasteiger partial charge in [0.05, 0.1) is 12.6 Å². The highest BCUT2D eigenvalue weighted by Crippen LogP contribution is 2.40. The van der Waals surface area contributed by atoms with Crippen molar-refractivity contribution in [2.45, 2.75) is 12.6 Å². The fourth-order valence-corrected chi connectivity index (χ4v) is 3.78. The number of phenols is 1. The van der Waals surface area contributed by atoms with Gasteiger partial charge < -0.3 is 19.8 Å². The molecule has 0 radical (unpaired) electrons. The van der Waals surface area contributed by atoms with Crippen LogP contribution in [-0.4, -0.2) is 28.3 Å². The number of ketones is 1. The molecule has 7 heteroatoms. The number of ether oxygens (including phenoxy) is 1. The molecule has 4 rings (SSSR count). The Morgan fingerprint density at radius 2 is 1.85 bits per heavy atom. The van der Waals surface area contributed by atoms with Gasteiger partial charge in [-0.1, -0.05) is 42.7 Å². The number of aromatic hydroxyl groups is 1. The molecule has 2 heterocycles. The Bertz CT molecular complexity index is 1200. The lowest BCUT2D eigenvalue weighted by molar-refractivity contribution is -0.378. The van der Waals surface area contributed by atoms with E-state index in [4.69, 9.17) is 4.74 Å². The summed E-state index contributed by atoms with van der Waals surface area (Å²) in [5.74, 6) is -1.50. The zero-order valence-electron chi connectivity index (χ0n) is 17.7. The van der Waals surface area contributed by atoms with Crippen molar-refractivity contribution < 1.29 is 29.5 Å². The number of phenolic OH excluding ortho intramolecular Hbond substituents is 1. The van der Waals surface area contributed by atoms with Crippen molar-refractivity contribution in [1.82, 2.24) is 4.90 Å². The van der Waals surface area contributed by atoms with Crippen molar-refractivity contribution in [3.05, 3.63) is 108 Å². The van der Waals surface area contributed by atoms with Gasteiger partial charge in [0.2, 0.25) is 5.78 Å². The average molecular weight is 442 g/mol. The topological polar surface area (TPSA) is 104 Å². The number of carbonyl (C=O) groups excluding carboxylic acids is 2. The maximum atomic E-state index is 13.4. The molecule has 1 saturated heterocycles. The second-order valence-corrected chi connectivity index (χ2v) is 7.53. The molecule has 166 valence electrons. The fourth-order valence-electron chi connectivity index (χ4n) is 3.78. The summed E-state index contributed by atoms with van der Waals surface area (Å²) in [7, 11) is 0. The summed E-state index contributed by atoms with van der Waals surface area (Å²) >= 11 is 0. The molecule has 7 nitrogen and oxygen atoms in total. The van der Waals surface area contributed by atoms with Crippen LogP contribution in [0.15, 0.2) is 91.3 Å². The average Bonchev–Trinajstić information content (AvgIpc) is 3.08. The normalized spacial score (nSPS) is 17.2. The number of aromatic amines is 1. The van der Waals surface area contributed by atoms with Crippen molar-refractivity contribution in [2.75, 3.05) is 6.61 Å². The first-order valence-electron chi connectivity index (χ1n) is 10.3. The van der Waals surface area contributed by atoms with Crippen molar-refractivity contribution in [2.24, 2.45) is 0 Å². The van der Waals surface area contributed by atoms with Crippen LogP contribution in [-0.2, 0) is 16.1 Å². The quantitative estimate of drug-likeness (QED) is 0.261. The fraction of sp³-hybridized carbons (Fsp3) is 0.115. The van der Waals surface area contributed by atoms with Gasteiger partial charge in [0.15, 0.2) is 12.4 Å². The molecule has 2 aromatic carbocycles. The monoisotopic (exact) mass is 442 g/mol. The lowest BCUT2D eigenvalue weighted by Crippen LogP contribution is -2.29. The summed E-state index contributed by atoms with van der Waals surface area (Å²) in [4.78, 5) is 30.4. The van der Waals surface area contributed by atoms with Crippen molar-refractivity contribution in [3.63, 3.8) is 0 Å². The number of nitrogens with zero attached hydrogens (tertiary/aromatic N) is 1. The number of hydrogen-bond donors (Lipinski definition) is 1. The van der Waals surface area contributed by atoms with E-state index < -0.39 is 23.5 Å². The van der Waals surface area contributed by atoms with Gasteiger partial charge in [-0.15, -0.1) is 0 Å². The third-order valence-corrected chi connectivity index (χ3v) is 5.35. The van der Waals surface area contributed by atoms with E-state index in [1.165, 1.54) is 17.0 Å². The van der Waals surface area contributed by atoms with E-state index in [0.717, 1.165) is 5.56 Å². The zero-order chi connectivity index (χ0) is 23.4. The first kappa shape index (κ1) is 21.8. The molecule has 0 bridgehead atoms. The van der Waals surface area contributed by atoms with Crippen LogP contribution in [0.5, 0.6) is 11.5 Å². The molecule has 1 aliphatic rings. The maximum Gasteiger partial charge on any atom is 0.295 e. The Hall–Kier alpha value is -4.39. The SMILES string of the molecule is C=CCOc1ccc(C([O-])=C2C(=O)C(=O)N(Cc3ccc[nH+]c3)C2c2ccc(O)cc2)cc1. The van der Waals surface area contributed by atoms with E-state index >= 15 is 0 Å².